The van der Waals surface area contributed by atoms with E-state index < -0.39 is 0 Å². The molecule has 0 radical (unpaired) electrons. The minimum absolute atomic E-state index is 0.218. The molecule has 0 bridgehead atoms. The SMILES string of the molecule is COC(c1ccc(C)cc1)[CH]([Hg])CCCO. The van der Waals surface area contributed by atoms with Gasteiger partial charge in [-0.25, -0.2) is 0 Å². The van der Waals surface area contributed by atoms with Gasteiger partial charge in [-0.3, -0.25) is 0 Å². The molecule has 0 aromatic heterocycles. The number of hydrogen-bond donors (Lipinski definition) is 1. The fourth-order valence-corrected chi connectivity index (χ4v) is 4.79. The van der Waals surface area contributed by atoms with E-state index in [9.17, 15) is 0 Å². The van der Waals surface area contributed by atoms with Crippen molar-refractivity contribution in [3.63, 3.8) is 0 Å². The molecule has 3 heteroatoms. The molecule has 0 amide bonds. The molecule has 0 spiro atoms. The molecule has 1 rings (SSSR count). The van der Waals surface area contributed by atoms with E-state index in [-0.39, 0.29) is 12.7 Å². The minimum atomic E-state index is 0.218. The predicted molar refractivity (Wildman–Crippen MR) is 61.0 cm³/mol. The van der Waals surface area contributed by atoms with Gasteiger partial charge < -0.3 is 0 Å². The molecule has 2 atom stereocenters. The molecule has 2 nitrogen and oxygen atoms in total. The standard InChI is InChI=1S/C13H19O2.Hg/c1-11-6-8-12(9-7-11)13(15-2)5-3-4-10-14;/h5-9,13-14H,3-4,10H2,1-2H3;. The van der Waals surface area contributed by atoms with Crippen LogP contribution in [0.1, 0.15) is 30.1 Å². The first-order valence-electron chi connectivity index (χ1n) is 5.72. The average Bonchev–Trinajstić information content (AvgIpc) is 2.30. The molecule has 0 fully saturated rings. The Morgan fingerprint density at radius 3 is 2.44 bits per heavy atom. The summed E-state index contributed by atoms with van der Waals surface area (Å²) in [6.07, 6.45) is 2.18. The number of aryl methyl sites for hydroxylation is 1. The van der Waals surface area contributed by atoms with Crippen molar-refractivity contribution in [3.05, 3.63) is 35.4 Å². The summed E-state index contributed by atoms with van der Waals surface area (Å²) in [6.45, 7) is 2.39. The molecule has 0 aliphatic heterocycles. The monoisotopic (exact) mass is 409 g/mol. The molecule has 1 N–H and O–H groups in total. The van der Waals surface area contributed by atoms with Crippen LogP contribution in [0.4, 0.5) is 0 Å². The Hall–Kier alpha value is 0.0751. The van der Waals surface area contributed by atoms with Gasteiger partial charge in [0.05, 0.1) is 0 Å². The number of ether oxygens (including phenoxy) is 1. The molecule has 1 aromatic rings. The molecule has 2 unspecified atom stereocenters. The first kappa shape index (κ1) is 14.1. The molecule has 0 aliphatic rings. The molecule has 1 aromatic carbocycles. The third-order valence-electron chi connectivity index (χ3n) is 2.82. The number of hydrogen-bond acceptors (Lipinski definition) is 2. The summed E-state index contributed by atoms with van der Waals surface area (Å²) in [5.41, 5.74) is 2.55. The Bertz CT molecular complexity index is 297. The van der Waals surface area contributed by atoms with Crippen LogP contribution in [0.2, 0.25) is 3.43 Å². The second kappa shape index (κ2) is 7.41. The first-order valence-corrected chi connectivity index (χ1v) is 8.89. The molecule has 0 saturated carbocycles. The van der Waals surface area contributed by atoms with E-state index in [2.05, 4.69) is 31.2 Å². The summed E-state index contributed by atoms with van der Waals surface area (Å²) in [5, 5.41) is 8.86. The molecule has 85 valence electrons. The average molecular weight is 408 g/mol. The fraction of sp³-hybridized carbons (Fsp3) is 0.538. The third-order valence-corrected chi connectivity index (χ3v) is 6.07. The van der Waals surface area contributed by atoms with Crippen molar-refractivity contribution in [2.24, 2.45) is 0 Å². The number of aliphatic hydroxyl groups is 1. The molecule has 16 heavy (non-hydrogen) atoms. The van der Waals surface area contributed by atoms with Gasteiger partial charge in [-0.15, -0.1) is 0 Å². The molecule has 0 aliphatic carbocycles. The Balaban J connectivity index is 2.69. The van der Waals surface area contributed by atoms with Crippen LogP contribution in [-0.2, 0) is 30.9 Å². The van der Waals surface area contributed by atoms with Crippen LogP contribution in [0, 0.1) is 6.92 Å². The van der Waals surface area contributed by atoms with Crippen LogP contribution in [0.15, 0.2) is 24.3 Å². The van der Waals surface area contributed by atoms with Crippen LogP contribution < -0.4 is 0 Å². The van der Waals surface area contributed by atoms with Crippen molar-refractivity contribution in [1.82, 2.24) is 0 Å². The van der Waals surface area contributed by atoms with E-state index in [4.69, 9.17) is 9.84 Å². The van der Waals surface area contributed by atoms with E-state index in [1.807, 2.05) is 0 Å². The van der Waals surface area contributed by atoms with E-state index in [0.717, 1.165) is 12.8 Å². The van der Waals surface area contributed by atoms with Crippen molar-refractivity contribution in [1.29, 1.82) is 0 Å². The fourth-order valence-electron chi connectivity index (χ4n) is 1.86. The van der Waals surface area contributed by atoms with Crippen molar-refractivity contribution in [2.45, 2.75) is 29.3 Å². The topological polar surface area (TPSA) is 29.5 Å². The van der Waals surface area contributed by atoms with Crippen molar-refractivity contribution >= 4 is 0 Å². The van der Waals surface area contributed by atoms with Gasteiger partial charge >= 0.3 is 114 Å². The maximum atomic E-state index is 8.86. The Morgan fingerprint density at radius 2 is 1.94 bits per heavy atom. The van der Waals surface area contributed by atoms with E-state index in [1.165, 1.54) is 11.1 Å². The summed E-state index contributed by atoms with van der Waals surface area (Å²) in [5.74, 6) is 0. The van der Waals surface area contributed by atoms with Crippen LogP contribution in [0.25, 0.3) is 0 Å². The van der Waals surface area contributed by atoms with Gasteiger partial charge in [0.2, 0.25) is 0 Å². The Kier molecular flexibility index (Phi) is 6.55. The van der Waals surface area contributed by atoms with Gasteiger partial charge in [-0.05, 0) is 0 Å². The predicted octanol–water partition coefficient (Wildman–Crippen LogP) is 2.79. The van der Waals surface area contributed by atoms with Gasteiger partial charge in [0.15, 0.2) is 0 Å². The number of rotatable bonds is 6. The Labute approximate surface area is 114 Å². The van der Waals surface area contributed by atoms with Gasteiger partial charge in [0, 0.05) is 0 Å². The van der Waals surface area contributed by atoms with Crippen molar-refractivity contribution in [2.75, 3.05) is 13.7 Å². The van der Waals surface area contributed by atoms with Crippen molar-refractivity contribution < 1.29 is 36.0 Å². The molecular formula is C13H19HgO2. The van der Waals surface area contributed by atoms with Crippen LogP contribution >= 0.6 is 0 Å². The first-order chi connectivity index (χ1) is 7.69. The normalized spacial score (nSPS) is 14.8. The summed E-state index contributed by atoms with van der Waals surface area (Å²) in [7, 11) is 1.78. The van der Waals surface area contributed by atoms with Crippen LogP contribution in [0.5, 0.6) is 0 Å². The van der Waals surface area contributed by atoms with Gasteiger partial charge in [0.1, 0.15) is 0 Å². The van der Waals surface area contributed by atoms with Gasteiger partial charge in [0.25, 0.3) is 0 Å². The second-order valence-electron chi connectivity index (χ2n) is 4.19. The molecular weight excluding hydrogens is 389 g/mol. The molecule has 0 saturated heterocycles. The zero-order chi connectivity index (χ0) is 12.0. The third kappa shape index (κ3) is 4.15. The van der Waals surface area contributed by atoms with Gasteiger partial charge in [-0.2, -0.15) is 0 Å². The van der Waals surface area contributed by atoms with E-state index in [0.29, 0.717) is 29.5 Å². The second-order valence-corrected chi connectivity index (χ2v) is 8.27. The number of benzene rings is 1. The van der Waals surface area contributed by atoms with Crippen LogP contribution in [0.3, 0.4) is 0 Å². The summed E-state index contributed by atoms with van der Waals surface area (Å²) < 4.78 is 6.23. The number of methoxy groups -OCH3 is 1. The summed E-state index contributed by atoms with van der Waals surface area (Å²) >= 11 is 0.662. The van der Waals surface area contributed by atoms with E-state index in [1.54, 1.807) is 7.11 Å². The Morgan fingerprint density at radius 1 is 1.31 bits per heavy atom. The summed E-state index contributed by atoms with van der Waals surface area (Å²) in [4.78, 5) is 0. The van der Waals surface area contributed by atoms with E-state index >= 15 is 0 Å². The summed E-state index contributed by atoms with van der Waals surface area (Å²) in [6, 6.07) is 8.58. The van der Waals surface area contributed by atoms with Crippen molar-refractivity contribution in [3.8, 4) is 0 Å². The maximum absolute atomic E-state index is 8.86. The zero-order valence-corrected chi connectivity index (χ0v) is 15.6. The number of aliphatic hydroxyl groups excluding tert-OH is 1. The molecule has 0 heterocycles. The zero-order valence-electron chi connectivity index (χ0n) is 10.1. The van der Waals surface area contributed by atoms with Gasteiger partial charge in [-0.1, -0.05) is 0 Å². The van der Waals surface area contributed by atoms with Crippen LogP contribution in [-0.4, -0.2) is 18.8 Å². The quantitative estimate of drug-likeness (QED) is 0.735.